The molecule has 3 aromatic rings. The maximum atomic E-state index is 11.8. The van der Waals surface area contributed by atoms with Crippen molar-refractivity contribution in [1.82, 2.24) is 4.57 Å². The molecule has 0 radical (unpaired) electrons. The van der Waals surface area contributed by atoms with E-state index in [1.165, 1.54) is 4.57 Å². The maximum absolute atomic E-state index is 11.8. The summed E-state index contributed by atoms with van der Waals surface area (Å²) in [4.78, 5) is 11.8. The van der Waals surface area contributed by atoms with Crippen LogP contribution in [-0.2, 0) is 6.54 Å². The summed E-state index contributed by atoms with van der Waals surface area (Å²) < 4.78 is 6.61. The first-order valence-electron chi connectivity index (χ1n) is 6.48. The van der Waals surface area contributed by atoms with Gasteiger partial charge in [-0.05, 0) is 24.6 Å². The first-order chi connectivity index (χ1) is 9.65. The number of nitrogens with zero attached hydrogens (tertiary/aromatic N) is 1. The van der Waals surface area contributed by atoms with Gasteiger partial charge in [0.1, 0.15) is 0 Å². The summed E-state index contributed by atoms with van der Waals surface area (Å²) in [5.74, 6) is -0.447. The Hall–Kier alpha value is -2.33. The van der Waals surface area contributed by atoms with Crippen LogP contribution in [0.25, 0.3) is 11.1 Å². The number of para-hydroxylation sites is 2. The van der Waals surface area contributed by atoms with Crippen molar-refractivity contribution < 1.29 is 9.52 Å². The number of hydrogen-bond donors (Lipinski definition) is 1. The molecule has 20 heavy (non-hydrogen) atoms. The first kappa shape index (κ1) is 12.7. The maximum Gasteiger partial charge on any atom is 0.420 e. The van der Waals surface area contributed by atoms with Crippen LogP contribution in [-0.4, -0.2) is 9.67 Å². The van der Waals surface area contributed by atoms with Crippen molar-refractivity contribution in [3.8, 4) is 0 Å². The molecule has 1 aromatic heterocycles. The highest BCUT2D eigenvalue weighted by atomic mass is 16.4. The molecule has 0 spiro atoms. The number of rotatable bonds is 3. The van der Waals surface area contributed by atoms with Gasteiger partial charge in [-0.3, -0.25) is 4.57 Å². The molecular weight excluding hydrogens is 254 g/mol. The number of aryl methyl sites for hydroxylation is 1. The average Bonchev–Trinajstić information content (AvgIpc) is 2.76. The predicted molar refractivity (Wildman–Crippen MR) is 76.6 cm³/mol. The van der Waals surface area contributed by atoms with E-state index in [0.29, 0.717) is 11.1 Å². The van der Waals surface area contributed by atoms with Gasteiger partial charge in [-0.1, -0.05) is 42.0 Å². The minimum absolute atomic E-state index is 0.179. The molecule has 0 saturated heterocycles. The topological polar surface area (TPSA) is 55.4 Å². The van der Waals surface area contributed by atoms with Crippen LogP contribution in [0.1, 0.15) is 17.2 Å². The third kappa shape index (κ3) is 2.26. The third-order valence-electron chi connectivity index (χ3n) is 3.39. The van der Waals surface area contributed by atoms with Crippen molar-refractivity contribution in [3.63, 3.8) is 0 Å². The van der Waals surface area contributed by atoms with Gasteiger partial charge < -0.3 is 9.52 Å². The highest BCUT2D eigenvalue weighted by molar-refractivity contribution is 5.72. The number of aliphatic hydroxyl groups is 1. The molecule has 0 amide bonds. The SMILES string of the molecule is Cc1ccc(C(O)Cn2c(=O)oc3ccccc32)cc1. The third-order valence-corrected chi connectivity index (χ3v) is 3.39. The lowest BCUT2D eigenvalue weighted by Crippen LogP contribution is -2.18. The molecule has 4 heteroatoms. The van der Waals surface area contributed by atoms with E-state index >= 15 is 0 Å². The van der Waals surface area contributed by atoms with Crippen LogP contribution in [0.3, 0.4) is 0 Å². The zero-order valence-corrected chi connectivity index (χ0v) is 11.1. The molecule has 4 nitrogen and oxygen atoms in total. The Kier molecular flexibility index (Phi) is 3.16. The monoisotopic (exact) mass is 269 g/mol. The minimum atomic E-state index is -0.741. The van der Waals surface area contributed by atoms with Crippen molar-refractivity contribution in [2.75, 3.05) is 0 Å². The molecule has 102 valence electrons. The Balaban J connectivity index is 1.95. The van der Waals surface area contributed by atoms with E-state index in [9.17, 15) is 9.90 Å². The summed E-state index contributed by atoms with van der Waals surface area (Å²) in [5, 5.41) is 10.3. The fourth-order valence-corrected chi connectivity index (χ4v) is 2.25. The van der Waals surface area contributed by atoms with Crippen LogP contribution >= 0.6 is 0 Å². The van der Waals surface area contributed by atoms with Crippen LogP contribution in [0.2, 0.25) is 0 Å². The smallest absolute Gasteiger partial charge is 0.408 e. The van der Waals surface area contributed by atoms with Crippen molar-refractivity contribution in [2.45, 2.75) is 19.6 Å². The second-order valence-corrected chi connectivity index (χ2v) is 4.87. The highest BCUT2D eigenvalue weighted by Gasteiger charge is 2.14. The number of oxazole rings is 1. The molecule has 0 fully saturated rings. The Morgan fingerprint density at radius 3 is 2.60 bits per heavy atom. The molecule has 0 aliphatic carbocycles. The Morgan fingerprint density at radius 2 is 1.85 bits per heavy atom. The van der Waals surface area contributed by atoms with E-state index in [2.05, 4.69) is 0 Å². The zero-order valence-electron chi connectivity index (χ0n) is 11.1. The molecule has 0 saturated carbocycles. The fraction of sp³-hybridized carbons (Fsp3) is 0.188. The lowest BCUT2D eigenvalue weighted by molar-refractivity contribution is 0.155. The van der Waals surface area contributed by atoms with Crippen molar-refractivity contribution in [2.24, 2.45) is 0 Å². The van der Waals surface area contributed by atoms with Gasteiger partial charge in [0.2, 0.25) is 0 Å². The fourth-order valence-electron chi connectivity index (χ4n) is 2.25. The predicted octanol–water partition coefficient (Wildman–Crippen LogP) is 2.64. The van der Waals surface area contributed by atoms with Crippen molar-refractivity contribution >= 4 is 11.1 Å². The van der Waals surface area contributed by atoms with E-state index in [4.69, 9.17) is 4.42 Å². The van der Waals surface area contributed by atoms with Gasteiger partial charge in [-0.15, -0.1) is 0 Å². The molecule has 3 rings (SSSR count). The van der Waals surface area contributed by atoms with Gasteiger partial charge >= 0.3 is 5.76 Å². The molecule has 1 heterocycles. The molecule has 1 atom stereocenters. The van der Waals surface area contributed by atoms with Crippen LogP contribution in [0.15, 0.2) is 57.7 Å². The van der Waals surface area contributed by atoms with E-state index in [-0.39, 0.29) is 6.54 Å². The molecule has 0 aliphatic rings. The van der Waals surface area contributed by atoms with Crippen LogP contribution in [0.5, 0.6) is 0 Å². The number of fused-ring (bicyclic) bond motifs is 1. The van der Waals surface area contributed by atoms with E-state index in [1.54, 1.807) is 6.07 Å². The second-order valence-electron chi connectivity index (χ2n) is 4.87. The van der Waals surface area contributed by atoms with Crippen molar-refractivity contribution in [1.29, 1.82) is 0 Å². The average molecular weight is 269 g/mol. The molecular formula is C16H15NO3. The lowest BCUT2D eigenvalue weighted by atomic mass is 10.1. The van der Waals surface area contributed by atoms with Gasteiger partial charge in [0, 0.05) is 0 Å². The van der Waals surface area contributed by atoms with E-state index < -0.39 is 11.9 Å². The van der Waals surface area contributed by atoms with Gasteiger partial charge in [0.25, 0.3) is 0 Å². The second kappa shape index (κ2) is 4.98. The summed E-state index contributed by atoms with van der Waals surface area (Å²) in [5.41, 5.74) is 3.15. The molecule has 0 aliphatic heterocycles. The lowest BCUT2D eigenvalue weighted by Gasteiger charge is -2.11. The Bertz CT molecular complexity index is 783. The summed E-state index contributed by atoms with van der Waals surface area (Å²) >= 11 is 0. The first-order valence-corrected chi connectivity index (χ1v) is 6.48. The van der Waals surface area contributed by atoms with Gasteiger partial charge in [0.05, 0.1) is 18.2 Å². The number of aliphatic hydroxyl groups excluding tert-OH is 1. The number of hydrogen-bond acceptors (Lipinski definition) is 3. The van der Waals surface area contributed by atoms with Crippen LogP contribution < -0.4 is 5.76 Å². The summed E-state index contributed by atoms with van der Waals surface area (Å²) in [6.07, 6.45) is -0.741. The minimum Gasteiger partial charge on any atom is -0.408 e. The summed E-state index contributed by atoms with van der Waals surface area (Å²) in [6.45, 7) is 2.17. The quantitative estimate of drug-likeness (QED) is 0.795. The van der Waals surface area contributed by atoms with Crippen molar-refractivity contribution in [3.05, 3.63) is 70.2 Å². The van der Waals surface area contributed by atoms with E-state index in [0.717, 1.165) is 11.1 Å². The summed E-state index contributed by atoms with van der Waals surface area (Å²) in [6, 6.07) is 14.8. The zero-order chi connectivity index (χ0) is 14.1. The van der Waals surface area contributed by atoms with Crippen LogP contribution in [0, 0.1) is 6.92 Å². The largest absolute Gasteiger partial charge is 0.420 e. The van der Waals surface area contributed by atoms with Gasteiger partial charge in [-0.2, -0.15) is 0 Å². The highest BCUT2D eigenvalue weighted by Crippen LogP contribution is 2.18. The normalized spacial score (nSPS) is 12.7. The molecule has 1 N–H and O–H groups in total. The van der Waals surface area contributed by atoms with E-state index in [1.807, 2.05) is 49.4 Å². The van der Waals surface area contributed by atoms with Gasteiger partial charge in [-0.25, -0.2) is 4.79 Å². The number of aromatic nitrogens is 1. The molecule has 0 bridgehead atoms. The van der Waals surface area contributed by atoms with Gasteiger partial charge in [0.15, 0.2) is 5.58 Å². The standard InChI is InChI=1S/C16H15NO3/c1-11-6-8-12(9-7-11)14(18)10-17-13-4-2-3-5-15(13)20-16(17)19/h2-9,14,18H,10H2,1H3. The summed E-state index contributed by atoms with van der Waals surface area (Å²) in [7, 11) is 0. The molecule has 2 aromatic carbocycles. The Morgan fingerprint density at radius 1 is 1.15 bits per heavy atom. The van der Waals surface area contributed by atoms with Crippen LogP contribution in [0.4, 0.5) is 0 Å². The molecule has 1 unspecified atom stereocenters. The number of benzene rings is 2. The Labute approximate surface area is 115 Å².